The summed E-state index contributed by atoms with van der Waals surface area (Å²) >= 11 is 0. The van der Waals surface area contributed by atoms with E-state index in [-0.39, 0.29) is 6.54 Å². The summed E-state index contributed by atoms with van der Waals surface area (Å²) in [4.78, 5) is 26.3. The molecule has 0 saturated carbocycles. The molecule has 2 aromatic rings. The first-order valence-corrected chi connectivity index (χ1v) is 7.61. The number of benzene rings is 2. The number of nitrogens with one attached hydrogen (secondary N) is 1. The molecule has 3 amide bonds. The van der Waals surface area contributed by atoms with Crippen molar-refractivity contribution in [3.63, 3.8) is 0 Å². The maximum Gasteiger partial charge on any atom is 0.325 e. The average Bonchev–Trinajstić information content (AvgIpc) is 2.81. The van der Waals surface area contributed by atoms with Gasteiger partial charge in [0, 0.05) is 0 Å². The largest absolute Gasteiger partial charge is 0.325 e. The van der Waals surface area contributed by atoms with E-state index in [4.69, 9.17) is 0 Å². The Balaban J connectivity index is 1.93. The lowest BCUT2D eigenvalue weighted by Crippen LogP contribution is -2.43. The summed E-state index contributed by atoms with van der Waals surface area (Å²) in [7, 11) is 0. The third kappa shape index (κ3) is 2.64. The number of nitrogens with zero attached hydrogens (tertiary/aromatic N) is 1. The fourth-order valence-electron chi connectivity index (χ4n) is 2.96. The van der Waals surface area contributed by atoms with Crippen molar-refractivity contribution >= 4 is 11.9 Å². The van der Waals surface area contributed by atoms with Gasteiger partial charge in [0.2, 0.25) is 0 Å². The van der Waals surface area contributed by atoms with Gasteiger partial charge in [-0.25, -0.2) is 13.6 Å². The maximum atomic E-state index is 13.3. The molecule has 0 aliphatic carbocycles. The van der Waals surface area contributed by atoms with Gasteiger partial charge in [0.05, 0.1) is 6.54 Å². The van der Waals surface area contributed by atoms with Gasteiger partial charge in [0.1, 0.15) is 17.2 Å². The van der Waals surface area contributed by atoms with Crippen molar-refractivity contribution in [3.05, 3.63) is 71.3 Å². The first kappa shape index (κ1) is 16.1. The molecule has 0 bridgehead atoms. The van der Waals surface area contributed by atoms with Gasteiger partial charge in [-0.1, -0.05) is 31.2 Å². The lowest BCUT2D eigenvalue weighted by Gasteiger charge is -2.25. The molecule has 3 rings (SSSR count). The Morgan fingerprint density at radius 3 is 2.38 bits per heavy atom. The summed E-state index contributed by atoms with van der Waals surface area (Å²) in [6.07, 6.45) is 0.322. The molecule has 4 nitrogen and oxygen atoms in total. The monoisotopic (exact) mass is 330 g/mol. The van der Waals surface area contributed by atoms with Crippen LogP contribution in [0.3, 0.4) is 0 Å². The van der Waals surface area contributed by atoms with Crippen LogP contribution in [0.2, 0.25) is 0 Å². The standard InChI is InChI=1S/C18H16F2N2O2/c1-2-18(13-6-8-14(19)9-7-13)16(23)22(17(24)21-18)11-12-4-3-5-15(20)10-12/h3-10H,2,11H2,1H3,(H,21,24)/t18-/m1/s1. The van der Waals surface area contributed by atoms with Crippen molar-refractivity contribution < 1.29 is 18.4 Å². The molecule has 1 fully saturated rings. The van der Waals surface area contributed by atoms with Gasteiger partial charge in [-0.05, 0) is 41.8 Å². The van der Waals surface area contributed by atoms with E-state index in [9.17, 15) is 18.4 Å². The van der Waals surface area contributed by atoms with Gasteiger partial charge in [-0.2, -0.15) is 0 Å². The number of hydrogen-bond acceptors (Lipinski definition) is 2. The van der Waals surface area contributed by atoms with Gasteiger partial charge in [0.25, 0.3) is 5.91 Å². The second-order valence-corrected chi connectivity index (χ2v) is 5.72. The van der Waals surface area contributed by atoms with Gasteiger partial charge < -0.3 is 5.32 Å². The average molecular weight is 330 g/mol. The zero-order valence-electron chi connectivity index (χ0n) is 13.1. The molecule has 124 valence electrons. The summed E-state index contributed by atoms with van der Waals surface area (Å²) in [5.41, 5.74) is -0.186. The Morgan fingerprint density at radius 1 is 1.04 bits per heavy atom. The van der Waals surface area contributed by atoms with Crippen molar-refractivity contribution in [1.29, 1.82) is 0 Å². The van der Waals surface area contributed by atoms with Crippen LogP contribution in [-0.2, 0) is 16.9 Å². The van der Waals surface area contributed by atoms with Crippen LogP contribution in [0, 0.1) is 11.6 Å². The van der Waals surface area contributed by atoms with E-state index in [1.165, 1.54) is 42.5 Å². The molecule has 1 aliphatic heterocycles. The molecular weight excluding hydrogens is 314 g/mol. The highest BCUT2D eigenvalue weighted by atomic mass is 19.1. The first-order valence-electron chi connectivity index (χ1n) is 7.61. The molecule has 0 unspecified atom stereocenters. The van der Waals surface area contributed by atoms with Crippen molar-refractivity contribution in [2.45, 2.75) is 25.4 Å². The molecule has 2 aromatic carbocycles. The SMILES string of the molecule is CC[C@]1(c2ccc(F)cc2)NC(=O)N(Cc2cccc(F)c2)C1=O. The zero-order chi connectivity index (χ0) is 17.3. The lowest BCUT2D eigenvalue weighted by atomic mass is 9.87. The highest BCUT2D eigenvalue weighted by Crippen LogP contribution is 2.33. The van der Waals surface area contributed by atoms with Crippen LogP contribution in [0.15, 0.2) is 48.5 Å². The Bertz CT molecular complexity index is 792. The van der Waals surface area contributed by atoms with Crippen molar-refractivity contribution in [3.8, 4) is 0 Å². The number of urea groups is 1. The molecule has 0 radical (unpaired) electrons. The van der Waals surface area contributed by atoms with Crippen molar-refractivity contribution in [2.75, 3.05) is 0 Å². The minimum absolute atomic E-state index is 0.0224. The van der Waals surface area contributed by atoms with Crippen LogP contribution in [0.25, 0.3) is 0 Å². The molecule has 1 saturated heterocycles. The number of carbonyl (C=O) groups excluding carboxylic acids is 2. The topological polar surface area (TPSA) is 49.4 Å². The molecule has 1 heterocycles. The predicted octanol–water partition coefficient (Wildman–Crippen LogP) is 3.32. The quantitative estimate of drug-likeness (QED) is 0.874. The highest BCUT2D eigenvalue weighted by molar-refractivity contribution is 6.07. The van der Waals surface area contributed by atoms with E-state index in [2.05, 4.69) is 5.32 Å². The van der Waals surface area contributed by atoms with Gasteiger partial charge in [-0.3, -0.25) is 9.69 Å². The number of halogens is 2. The van der Waals surface area contributed by atoms with E-state index in [1.807, 2.05) is 0 Å². The van der Waals surface area contributed by atoms with E-state index in [1.54, 1.807) is 13.0 Å². The maximum absolute atomic E-state index is 13.3. The summed E-state index contributed by atoms with van der Waals surface area (Å²) in [6, 6.07) is 10.7. The first-order chi connectivity index (χ1) is 11.5. The van der Waals surface area contributed by atoms with Crippen LogP contribution in [0.5, 0.6) is 0 Å². The van der Waals surface area contributed by atoms with Gasteiger partial charge >= 0.3 is 6.03 Å². The summed E-state index contributed by atoms with van der Waals surface area (Å²) in [6.45, 7) is 1.75. The molecule has 0 aromatic heterocycles. The van der Waals surface area contributed by atoms with Gasteiger partial charge in [-0.15, -0.1) is 0 Å². The lowest BCUT2D eigenvalue weighted by molar-refractivity contribution is -0.132. The Hall–Kier alpha value is -2.76. The Labute approximate surface area is 138 Å². The Kier molecular flexibility index (Phi) is 4.05. The second kappa shape index (κ2) is 6.03. The minimum Gasteiger partial charge on any atom is -0.319 e. The number of hydrogen-bond donors (Lipinski definition) is 1. The molecule has 0 spiro atoms. The molecule has 6 heteroatoms. The molecule has 24 heavy (non-hydrogen) atoms. The summed E-state index contributed by atoms with van der Waals surface area (Å²) in [5.74, 6) is -1.27. The number of imide groups is 1. The fourth-order valence-corrected chi connectivity index (χ4v) is 2.96. The predicted molar refractivity (Wildman–Crippen MR) is 83.9 cm³/mol. The van der Waals surface area contributed by atoms with Crippen molar-refractivity contribution in [1.82, 2.24) is 10.2 Å². The van der Waals surface area contributed by atoms with Crippen LogP contribution in [0.1, 0.15) is 24.5 Å². The molecular formula is C18H16F2N2O2. The molecule has 1 N–H and O–H groups in total. The van der Waals surface area contributed by atoms with Crippen LogP contribution in [-0.4, -0.2) is 16.8 Å². The van der Waals surface area contributed by atoms with E-state index in [0.717, 1.165) is 4.90 Å². The highest BCUT2D eigenvalue weighted by Gasteiger charge is 2.51. The molecule has 1 atom stereocenters. The summed E-state index contributed by atoms with van der Waals surface area (Å²) < 4.78 is 26.5. The van der Waals surface area contributed by atoms with Crippen LogP contribution < -0.4 is 5.32 Å². The normalized spacial score (nSPS) is 20.4. The van der Waals surface area contributed by atoms with E-state index in [0.29, 0.717) is 17.5 Å². The van der Waals surface area contributed by atoms with Crippen LogP contribution in [0.4, 0.5) is 13.6 Å². The number of rotatable bonds is 4. The Morgan fingerprint density at radius 2 is 1.75 bits per heavy atom. The van der Waals surface area contributed by atoms with Crippen LogP contribution >= 0.6 is 0 Å². The third-order valence-electron chi connectivity index (χ3n) is 4.27. The smallest absolute Gasteiger partial charge is 0.319 e. The van der Waals surface area contributed by atoms with E-state index < -0.39 is 29.1 Å². The third-order valence-corrected chi connectivity index (χ3v) is 4.27. The fraction of sp³-hybridized carbons (Fsp3) is 0.222. The number of amides is 3. The zero-order valence-corrected chi connectivity index (χ0v) is 13.1. The number of carbonyl (C=O) groups is 2. The minimum atomic E-state index is -1.22. The summed E-state index contributed by atoms with van der Waals surface area (Å²) in [5, 5.41) is 2.71. The van der Waals surface area contributed by atoms with Crippen molar-refractivity contribution in [2.24, 2.45) is 0 Å². The molecule has 1 aliphatic rings. The van der Waals surface area contributed by atoms with E-state index >= 15 is 0 Å². The second-order valence-electron chi connectivity index (χ2n) is 5.72. The van der Waals surface area contributed by atoms with Gasteiger partial charge in [0.15, 0.2) is 0 Å².